The predicted octanol–water partition coefficient (Wildman–Crippen LogP) is 6.63. The summed E-state index contributed by atoms with van der Waals surface area (Å²) in [6, 6.07) is 12.8. The molecule has 9 heteroatoms. The van der Waals surface area contributed by atoms with Crippen LogP contribution in [-0.2, 0) is 21.6 Å². The zero-order chi connectivity index (χ0) is 27.1. The summed E-state index contributed by atoms with van der Waals surface area (Å²) in [7, 11) is -2.66. The Labute approximate surface area is 217 Å². The molecule has 0 spiro atoms. The topological polar surface area (TPSA) is 104 Å². The maximum atomic E-state index is 13.3. The van der Waals surface area contributed by atoms with Gasteiger partial charge in [0.05, 0.1) is 17.0 Å². The van der Waals surface area contributed by atoms with Crippen molar-refractivity contribution in [2.75, 3.05) is 5.32 Å². The van der Waals surface area contributed by atoms with Crippen LogP contribution in [0, 0.1) is 5.82 Å². The van der Waals surface area contributed by atoms with Crippen LogP contribution in [0.3, 0.4) is 0 Å². The van der Waals surface area contributed by atoms with Gasteiger partial charge in [-0.15, -0.1) is 0 Å². The van der Waals surface area contributed by atoms with Crippen LogP contribution >= 0.6 is 7.60 Å². The quantitative estimate of drug-likeness (QED) is 0.181. The molecule has 2 aromatic carbocycles. The van der Waals surface area contributed by atoms with E-state index in [0.717, 1.165) is 24.1 Å². The molecule has 0 saturated heterocycles. The van der Waals surface area contributed by atoms with E-state index >= 15 is 0 Å². The fraction of sp³-hybridized carbons (Fsp3) is 0.357. The lowest BCUT2D eigenvalue weighted by Gasteiger charge is -2.35. The number of aromatic nitrogens is 2. The molecular weight excluding hydrogens is 492 g/mol. The minimum absolute atomic E-state index is 0.331. The largest absolute Gasteiger partial charge is 0.335 e. The first-order chi connectivity index (χ1) is 17.6. The number of benzene rings is 2. The van der Waals surface area contributed by atoms with Crippen LogP contribution in [-0.4, -0.2) is 25.5 Å². The van der Waals surface area contributed by atoms with Crippen LogP contribution in [0.4, 0.5) is 10.1 Å². The SMILES string of the molecule is CCCCC(CCCC)(c1ccc(NC(=O)/C=C/c2cnn(C)c2-c2ccc(F)cc2)cc1)P(=O)(O)O. The van der Waals surface area contributed by atoms with Crippen molar-refractivity contribution in [2.24, 2.45) is 7.05 Å². The Kier molecular flexibility index (Phi) is 9.60. The van der Waals surface area contributed by atoms with Crippen molar-refractivity contribution < 1.29 is 23.5 Å². The molecule has 1 amide bonds. The van der Waals surface area contributed by atoms with Gasteiger partial charge in [0.1, 0.15) is 5.82 Å². The number of halogens is 1. The van der Waals surface area contributed by atoms with Gasteiger partial charge in [0.2, 0.25) is 5.91 Å². The van der Waals surface area contributed by atoms with Gasteiger partial charge in [0.15, 0.2) is 0 Å². The van der Waals surface area contributed by atoms with Crippen molar-refractivity contribution in [2.45, 2.75) is 57.5 Å². The van der Waals surface area contributed by atoms with Crippen LogP contribution in [0.15, 0.2) is 60.8 Å². The Balaban J connectivity index is 1.78. The number of hydrogen-bond donors (Lipinski definition) is 3. The number of unbranched alkanes of at least 4 members (excludes halogenated alkanes) is 2. The number of amides is 1. The fourth-order valence-electron chi connectivity index (χ4n) is 4.56. The minimum atomic E-state index is -4.43. The normalized spacial score (nSPS) is 12.3. The Hall–Kier alpha value is -3.06. The molecule has 0 aliphatic rings. The molecule has 37 heavy (non-hydrogen) atoms. The molecule has 3 N–H and O–H groups in total. The maximum absolute atomic E-state index is 13.3. The van der Waals surface area contributed by atoms with Crippen molar-refractivity contribution in [3.8, 4) is 11.3 Å². The number of anilines is 1. The molecule has 0 aliphatic heterocycles. The molecule has 7 nitrogen and oxygen atoms in total. The first-order valence-corrected chi connectivity index (χ1v) is 14.2. The highest BCUT2D eigenvalue weighted by atomic mass is 31.2. The maximum Gasteiger partial charge on any atom is 0.335 e. The third-order valence-electron chi connectivity index (χ3n) is 6.63. The van der Waals surface area contributed by atoms with Gasteiger partial charge in [-0.25, -0.2) is 4.39 Å². The first-order valence-electron chi connectivity index (χ1n) is 12.5. The number of carbonyl (C=O) groups is 1. The van der Waals surface area contributed by atoms with E-state index in [1.807, 2.05) is 13.8 Å². The summed E-state index contributed by atoms with van der Waals surface area (Å²) in [5, 5.41) is 5.82. The summed E-state index contributed by atoms with van der Waals surface area (Å²) in [6.07, 6.45) is 8.59. The average molecular weight is 528 g/mol. The van der Waals surface area contributed by atoms with E-state index < -0.39 is 12.8 Å². The van der Waals surface area contributed by atoms with Gasteiger partial charge in [-0.3, -0.25) is 14.0 Å². The van der Waals surface area contributed by atoms with Crippen LogP contribution < -0.4 is 5.32 Å². The van der Waals surface area contributed by atoms with Crippen molar-refractivity contribution in [3.05, 3.63) is 77.7 Å². The van der Waals surface area contributed by atoms with E-state index in [4.69, 9.17) is 0 Å². The smallest absolute Gasteiger partial charge is 0.324 e. The van der Waals surface area contributed by atoms with E-state index in [1.165, 1.54) is 18.2 Å². The van der Waals surface area contributed by atoms with Crippen molar-refractivity contribution in [1.82, 2.24) is 9.78 Å². The van der Waals surface area contributed by atoms with Gasteiger partial charge in [0, 0.05) is 29.9 Å². The van der Waals surface area contributed by atoms with Crippen LogP contribution in [0.2, 0.25) is 0 Å². The van der Waals surface area contributed by atoms with Crippen molar-refractivity contribution in [3.63, 3.8) is 0 Å². The molecular formula is C28H35FN3O4P. The molecule has 0 saturated carbocycles. The predicted molar refractivity (Wildman–Crippen MR) is 145 cm³/mol. The lowest BCUT2D eigenvalue weighted by Crippen LogP contribution is -2.26. The number of carbonyl (C=O) groups excluding carboxylic acids is 1. The molecule has 0 unspecified atom stereocenters. The number of nitrogens with zero attached hydrogens (tertiary/aromatic N) is 2. The second-order valence-corrected chi connectivity index (χ2v) is 11.2. The van der Waals surface area contributed by atoms with E-state index in [2.05, 4.69) is 10.4 Å². The molecule has 0 fully saturated rings. The van der Waals surface area contributed by atoms with Gasteiger partial charge in [0.25, 0.3) is 0 Å². The lowest BCUT2D eigenvalue weighted by molar-refractivity contribution is -0.111. The van der Waals surface area contributed by atoms with Gasteiger partial charge in [-0.2, -0.15) is 5.10 Å². The van der Waals surface area contributed by atoms with Gasteiger partial charge >= 0.3 is 7.60 Å². The third kappa shape index (κ3) is 6.83. The molecule has 1 heterocycles. The molecule has 0 bridgehead atoms. The van der Waals surface area contributed by atoms with Crippen LogP contribution in [0.25, 0.3) is 17.3 Å². The molecule has 0 aliphatic carbocycles. The highest BCUT2D eigenvalue weighted by Gasteiger charge is 2.46. The summed E-state index contributed by atoms with van der Waals surface area (Å²) in [6.45, 7) is 4.01. The molecule has 198 valence electrons. The molecule has 3 aromatic rings. The van der Waals surface area contributed by atoms with Crippen LogP contribution in [0.5, 0.6) is 0 Å². The van der Waals surface area contributed by atoms with E-state index in [1.54, 1.807) is 60.4 Å². The summed E-state index contributed by atoms with van der Waals surface area (Å²) >= 11 is 0. The Bertz CT molecular complexity index is 1260. The Morgan fingerprint density at radius 3 is 2.19 bits per heavy atom. The molecule has 1 aromatic heterocycles. The molecule has 0 radical (unpaired) electrons. The fourth-order valence-corrected chi connectivity index (χ4v) is 5.95. The number of aryl methyl sites for hydroxylation is 1. The first kappa shape index (κ1) is 28.5. The minimum Gasteiger partial charge on any atom is -0.324 e. The van der Waals surface area contributed by atoms with E-state index in [9.17, 15) is 23.5 Å². The summed E-state index contributed by atoms with van der Waals surface area (Å²) < 4.78 is 27.7. The number of nitrogens with one attached hydrogen (secondary N) is 1. The van der Waals surface area contributed by atoms with Gasteiger partial charge in [-0.05, 0) is 60.9 Å². The highest BCUT2D eigenvalue weighted by Crippen LogP contribution is 2.62. The highest BCUT2D eigenvalue weighted by molar-refractivity contribution is 7.53. The summed E-state index contributed by atoms with van der Waals surface area (Å²) in [5.74, 6) is -0.693. The molecule has 3 rings (SSSR count). The standard InChI is InChI=1S/C28H35FN3O4P/c1-4-6-18-28(19-7-5-2,37(34,35)36)23-11-15-25(16-12-23)31-26(33)17-10-22-20-30-32(3)27(22)21-8-13-24(29)14-9-21/h8-17,20H,4-7,18-19H2,1-3H3,(H,31,33)(H2,34,35,36)/b17-10+. The zero-order valence-electron chi connectivity index (χ0n) is 21.5. The average Bonchev–Trinajstić information content (AvgIpc) is 3.23. The van der Waals surface area contributed by atoms with Crippen molar-refractivity contribution >= 4 is 25.3 Å². The van der Waals surface area contributed by atoms with Crippen molar-refractivity contribution in [1.29, 1.82) is 0 Å². The zero-order valence-corrected chi connectivity index (χ0v) is 22.4. The Morgan fingerprint density at radius 1 is 1.05 bits per heavy atom. The second-order valence-electron chi connectivity index (χ2n) is 9.26. The molecule has 0 atom stereocenters. The van der Waals surface area contributed by atoms with Crippen LogP contribution in [0.1, 0.15) is 63.5 Å². The summed E-state index contributed by atoms with van der Waals surface area (Å²) in [4.78, 5) is 33.3. The third-order valence-corrected chi connectivity index (χ3v) is 8.45. The number of rotatable bonds is 12. The van der Waals surface area contributed by atoms with E-state index in [0.29, 0.717) is 42.5 Å². The monoisotopic (exact) mass is 527 g/mol. The van der Waals surface area contributed by atoms with E-state index in [-0.39, 0.29) is 11.7 Å². The summed E-state index contributed by atoms with van der Waals surface area (Å²) in [5.41, 5.74) is 3.35. The Morgan fingerprint density at radius 2 is 1.65 bits per heavy atom. The second kappa shape index (κ2) is 12.5. The van der Waals surface area contributed by atoms with Gasteiger partial charge in [-0.1, -0.05) is 51.7 Å². The number of hydrogen-bond acceptors (Lipinski definition) is 3. The van der Waals surface area contributed by atoms with Gasteiger partial charge < -0.3 is 15.1 Å². The lowest BCUT2D eigenvalue weighted by atomic mass is 9.87.